The number of nitrogens with two attached hydrogens (primary N) is 1. The van der Waals surface area contributed by atoms with E-state index in [-0.39, 0.29) is 0 Å². The molecular weight excluding hydrogens is 184 g/mol. The molecule has 0 saturated heterocycles. The van der Waals surface area contributed by atoms with Crippen molar-refractivity contribution in [3.63, 3.8) is 0 Å². The minimum absolute atomic E-state index is 0.657. The zero-order valence-corrected chi connectivity index (χ0v) is 9.03. The number of fused-ring (bicyclic) bond motifs is 1. The van der Waals surface area contributed by atoms with Crippen LogP contribution in [0.25, 0.3) is 16.5 Å². The van der Waals surface area contributed by atoms with Crippen LogP contribution in [0.1, 0.15) is 12.0 Å². The third-order valence-corrected chi connectivity index (χ3v) is 2.74. The predicted molar refractivity (Wildman–Crippen MR) is 65.6 cm³/mol. The molecule has 0 spiro atoms. The van der Waals surface area contributed by atoms with Crippen molar-refractivity contribution in [2.75, 3.05) is 6.54 Å². The SMILES string of the molecule is C=C(CCN)c1ccc2ccn(C)c2c1. The van der Waals surface area contributed by atoms with Crippen molar-refractivity contribution in [1.82, 2.24) is 4.57 Å². The summed E-state index contributed by atoms with van der Waals surface area (Å²) in [6.45, 7) is 4.70. The molecule has 0 fully saturated rings. The van der Waals surface area contributed by atoms with Gasteiger partial charge in [0.15, 0.2) is 0 Å². The lowest BCUT2D eigenvalue weighted by Gasteiger charge is -2.05. The molecule has 15 heavy (non-hydrogen) atoms. The number of hydrogen-bond donors (Lipinski definition) is 1. The maximum atomic E-state index is 5.52. The molecule has 0 radical (unpaired) electrons. The van der Waals surface area contributed by atoms with Crippen molar-refractivity contribution in [3.8, 4) is 0 Å². The van der Waals surface area contributed by atoms with Crippen LogP contribution in [-0.4, -0.2) is 11.1 Å². The number of aryl methyl sites for hydroxylation is 1. The van der Waals surface area contributed by atoms with Gasteiger partial charge in [-0.05, 0) is 41.6 Å². The van der Waals surface area contributed by atoms with Crippen LogP contribution in [0, 0.1) is 0 Å². The molecule has 1 aromatic carbocycles. The first kappa shape index (κ1) is 9.99. The van der Waals surface area contributed by atoms with Gasteiger partial charge in [-0.1, -0.05) is 18.7 Å². The molecule has 2 aromatic rings. The minimum atomic E-state index is 0.657. The molecule has 2 rings (SSSR count). The van der Waals surface area contributed by atoms with Gasteiger partial charge in [0.25, 0.3) is 0 Å². The van der Waals surface area contributed by atoms with E-state index in [0.717, 1.165) is 12.0 Å². The summed E-state index contributed by atoms with van der Waals surface area (Å²) in [5.74, 6) is 0. The molecule has 0 amide bonds. The smallest absolute Gasteiger partial charge is 0.0483 e. The Morgan fingerprint density at radius 1 is 1.40 bits per heavy atom. The van der Waals surface area contributed by atoms with E-state index in [4.69, 9.17) is 5.73 Å². The fourth-order valence-electron chi connectivity index (χ4n) is 1.80. The summed E-state index contributed by atoms with van der Waals surface area (Å²) < 4.78 is 2.12. The highest BCUT2D eigenvalue weighted by Gasteiger charge is 2.02. The lowest BCUT2D eigenvalue weighted by atomic mass is 10.0. The summed E-state index contributed by atoms with van der Waals surface area (Å²) in [6.07, 6.45) is 2.93. The maximum Gasteiger partial charge on any atom is 0.0483 e. The molecule has 2 N–H and O–H groups in total. The average molecular weight is 200 g/mol. The summed E-state index contributed by atoms with van der Waals surface area (Å²) in [7, 11) is 2.05. The molecule has 0 atom stereocenters. The summed E-state index contributed by atoms with van der Waals surface area (Å²) in [5, 5.41) is 1.27. The fraction of sp³-hybridized carbons (Fsp3) is 0.231. The normalized spacial score (nSPS) is 10.8. The number of benzene rings is 1. The number of aromatic nitrogens is 1. The topological polar surface area (TPSA) is 30.9 Å². The Morgan fingerprint density at radius 2 is 2.20 bits per heavy atom. The fourth-order valence-corrected chi connectivity index (χ4v) is 1.80. The third-order valence-electron chi connectivity index (χ3n) is 2.74. The van der Waals surface area contributed by atoms with Crippen molar-refractivity contribution in [2.45, 2.75) is 6.42 Å². The first-order valence-electron chi connectivity index (χ1n) is 5.15. The molecule has 0 aliphatic rings. The van der Waals surface area contributed by atoms with Crippen molar-refractivity contribution in [3.05, 3.63) is 42.6 Å². The molecule has 2 nitrogen and oxygen atoms in total. The second-order valence-electron chi connectivity index (χ2n) is 3.84. The highest BCUT2D eigenvalue weighted by Crippen LogP contribution is 2.22. The van der Waals surface area contributed by atoms with Gasteiger partial charge in [-0.25, -0.2) is 0 Å². The first-order chi connectivity index (χ1) is 7.22. The summed E-state index contributed by atoms with van der Waals surface area (Å²) in [6, 6.07) is 8.53. The third kappa shape index (κ3) is 1.81. The Kier molecular flexibility index (Phi) is 2.60. The van der Waals surface area contributed by atoms with E-state index in [9.17, 15) is 0 Å². The quantitative estimate of drug-likeness (QED) is 0.811. The van der Waals surface area contributed by atoms with E-state index in [1.807, 2.05) is 0 Å². The largest absolute Gasteiger partial charge is 0.351 e. The Hall–Kier alpha value is -1.54. The molecule has 1 aromatic heterocycles. The van der Waals surface area contributed by atoms with E-state index >= 15 is 0 Å². The van der Waals surface area contributed by atoms with E-state index in [1.165, 1.54) is 16.5 Å². The highest BCUT2D eigenvalue weighted by molar-refractivity contribution is 5.84. The van der Waals surface area contributed by atoms with Gasteiger partial charge in [0, 0.05) is 18.8 Å². The van der Waals surface area contributed by atoms with Crippen molar-refractivity contribution < 1.29 is 0 Å². The number of rotatable bonds is 3. The van der Waals surface area contributed by atoms with Gasteiger partial charge in [0.1, 0.15) is 0 Å². The van der Waals surface area contributed by atoms with Gasteiger partial charge in [-0.2, -0.15) is 0 Å². The van der Waals surface area contributed by atoms with Gasteiger partial charge in [0.05, 0.1) is 0 Å². The zero-order chi connectivity index (χ0) is 10.8. The summed E-state index contributed by atoms with van der Waals surface area (Å²) in [5.41, 5.74) is 9.07. The van der Waals surface area contributed by atoms with Gasteiger partial charge < -0.3 is 10.3 Å². The standard InChI is InChI=1S/C13H16N2/c1-10(5-7-14)12-4-3-11-6-8-15(2)13(11)9-12/h3-4,6,8-9H,1,5,7,14H2,2H3. The monoisotopic (exact) mass is 200 g/mol. The van der Waals surface area contributed by atoms with Crippen molar-refractivity contribution in [2.24, 2.45) is 12.8 Å². The zero-order valence-electron chi connectivity index (χ0n) is 9.03. The number of hydrogen-bond acceptors (Lipinski definition) is 1. The average Bonchev–Trinajstić information content (AvgIpc) is 2.60. The molecular formula is C13H16N2. The number of nitrogens with zero attached hydrogens (tertiary/aromatic N) is 1. The molecule has 0 unspecified atom stereocenters. The van der Waals surface area contributed by atoms with E-state index in [1.54, 1.807) is 0 Å². The van der Waals surface area contributed by atoms with Crippen LogP contribution in [0.4, 0.5) is 0 Å². The predicted octanol–water partition coefficient (Wildman–Crippen LogP) is 2.54. The first-order valence-corrected chi connectivity index (χ1v) is 5.15. The van der Waals surface area contributed by atoms with Crippen LogP contribution in [0.15, 0.2) is 37.0 Å². The second kappa shape index (κ2) is 3.91. The summed E-state index contributed by atoms with van der Waals surface area (Å²) >= 11 is 0. The lowest BCUT2D eigenvalue weighted by molar-refractivity contribution is 0.968. The van der Waals surface area contributed by atoms with Crippen LogP contribution in [0.2, 0.25) is 0 Å². The molecule has 1 heterocycles. The van der Waals surface area contributed by atoms with Crippen LogP contribution in [0.5, 0.6) is 0 Å². The Balaban J connectivity index is 2.45. The van der Waals surface area contributed by atoms with Crippen molar-refractivity contribution in [1.29, 1.82) is 0 Å². The minimum Gasteiger partial charge on any atom is -0.351 e. The Morgan fingerprint density at radius 3 is 2.93 bits per heavy atom. The van der Waals surface area contributed by atoms with Crippen LogP contribution < -0.4 is 5.73 Å². The van der Waals surface area contributed by atoms with Gasteiger partial charge in [-0.15, -0.1) is 0 Å². The Labute approximate surface area is 90.0 Å². The molecule has 78 valence electrons. The van der Waals surface area contributed by atoms with Gasteiger partial charge >= 0.3 is 0 Å². The van der Waals surface area contributed by atoms with E-state index in [0.29, 0.717) is 6.54 Å². The van der Waals surface area contributed by atoms with Crippen LogP contribution in [0.3, 0.4) is 0 Å². The molecule has 0 bridgehead atoms. The van der Waals surface area contributed by atoms with E-state index in [2.05, 4.69) is 48.7 Å². The molecule has 0 saturated carbocycles. The van der Waals surface area contributed by atoms with E-state index < -0.39 is 0 Å². The van der Waals surface area contributed by atoms with Gasteiger partial charge in [0.2, 0.25) is 0 Å². The van der Waals surface area contributed by atoms with Crippen LogP contribution in [-0.2, 0) is 7.05 Å². The lowest BCUT2D eigenvalue weighted by Crippen LogP contribution is -1.99. The van der Waals surface area contributed by atoms with Crippen LogP contribution >= 0.6 is 0 Å². The van der Waals surface area contributed by atoms with Crippen molar-refractivity contribution >= 4 is 16.5 Å². The molecule has 2 heteroatoms. The highest BCUT2D eigenvalue weighted by atomic mass is 14.9. The summed E-state index contributed by atoms with van der Waals surface area (Å²) in [4.78, 5) is 0. The maximum absolute atomic E-state index is 5.52. The second-order valence-corrected chi connectivity index (χ2v) is 3.84. The molecule has 0 aliphatic heterocycles. The molecule has 0 aliphatic carbocycles. The Bertz CT molecular complexity index is 494. The van der Waals surface area contributed by atoms with Gasteiger partial charge in [-0.3, -0.25) is 0 Å².